The van der Waals surface area contributed by atoms with Crippen LogP contribution in [0.4, 0.5) is 0 Å². The Balaban J connectivity index is 2.55. The van der Waals surface area contributed by atoms with E-state index >= 15 is 0 Å². The number of carboxylic acids is 1. The Bertz CT molecular complexity index is 765. The highest BCUT2D eigenvalue weighted by atomic mass is 32.2. The molecule has 0 aliphatic carbocycles. The Labute approximate surface area is 121 Å². The van der Waals surface area contributed by atoms with Gasteiger partial charge in [-0.05, 0) is 19.1 Å². The van der Waals surface area contributed by atoms with Crippen LogP contribution >= 0.6 is 0 Å². The summed E-state index contributed by atoms with van der Waals surface area (Å²) in [6.45, 7) is 0.921. The van der Waals surface area contributed by atoms with Crippen LogP contribution in [-0.4, -0.2) is 35.9 Å². The van der Waals surface area contributed by atoms with Crippen molar-refractivity contribution in [3.8, 4) is 5.88 Å². The number of nitrogens with zero attached hydrogens (tertiary/aromatic N) is 2. The number of ether oxygens (including phenoxy) is 1. The van der Waals surface area contributed by atoms with Crippen molar-refractivity contribution in [2.75, 3.05) is 6.61 Å². The first-order chi connectivity index (χ1) is 9.84. The topological polar surface area (TPSA) is 98.5 Å². The quantitative estimate of drug-likeness (QED) is 0.885. The van der Waals surface area contributed by atoms with Crippen molar-refractivity contribution in [2.45, 2.75) is 16.7 Å². The van der Waals surface area contributed by atoms with Crippen LogP contribution in [0.25, 0.3) is 0 Å². The number of sulfone groups is 1. The summed E-state index contributed by atoms with van der Waals surface area (Å²) in [6, 6.07) is 7.84. The minimum Gasteiger partial charge on any atom is -0.479 e. The van der Waals surface area contributed by atoms with E-state index in [1.165, 1.54) is 16.8 Å². The van der Waals surface area contributed by atoms with E-state index in [1.807, 2.05) is 0 Å². The van der Waals surface area contributed by atoms with Gasteiger partial charge in [-0.15, -0.1) is 5.10 Å². The van der Waals surface area contributed by atoms with Gasteiger partial charge in [0.15, 0.2) is 11.5 Å². The van der Waals surface area contributed by atoms with Crippen LogP contribution in [0, 0.1) is 6.92 Å². The molecule has 0 saturated carbocycles. The molecular weight excluding hydrogens is 296 g/mol. The second kappa shape index (κ2) is 5.57. The maximum absolute atomic E-state index is 12.7. The van der Waals surface area contributed by atoms with E-state index in [0.29, 0.717) is 5.69 Å². The van der Waals surface area contributed by atoms with E-state index < -0.39 is 22.4 Å². The number of aryl methyl sites for hydroxylation is 1. The molecule has 0 bridgehead atoms. The molecule has 1 heterocycles. The Kier molecular flexibility index (Phi) is 3.99. The summed E-state index contributed by atoms with van der Waals surface area (Å²) in [5, 5.41) is 12.6. The zero-order valence-electron chi connectivity index (χ0n) is 11.5. The van der Waals surface area contributed by atoms with Gasteiger partial charge < -0.3 is 9.84 Å². The number of rotatable bonds is 5. The summed E-state index contributed by atoms with van der Waals surface area (Å²) in [5.74, 6) is -1.41. The third-order valence-corrected chi connectivity index (χ3v) is 4.80. The summed E-state index contributed by atoms with van der Waals surface area (Å²) in [6.07, 6.45) is 0. The van der Waals surface area contributed by atoms with Gasteiger partial charge in [0, 0.05) is 7.05 Å². The highest BCUT2D eigenvalue weighted by molar-refractivity contribution is 7.91. The standard InChI is InChI=1S/C13H14N2O5S/c1-9-12(13(14-15(9)2)20-8-11(16)17)21(18,19)10-6-4-3-5-7-10/h3-7H,8H2,1-2H3,(H,16,17). The average Bonchev–Trinajstić information content (AvgIpc) is 2.73. The van der Waals surface area contributed by atoms with E-state index in [2.05, 4.69) is 5.10 Å². The molecule has 0 fully saturated rings. The SMILES string of the molecule is Cc1c(S(=O)(=O)c2ccccc2)c(OCC(=O)O)nn1C. The van der Waals surface area contributed by atoms with Crippen LogP contribution in [0.1, 0.15) is 5.69 Å². The zero-order chi connectivity index (χ0) is 15.6. The molecule has 0 saturated heterocycles. The fraction of sp³-hybridized carbons (Fsp3) is 0.231. The molecule has 0 atom stereocenters. The van der Waals surface area contributed by atoms with E-state index in [0.717, 1.165) is 0 Å². The molecule has 1 aromatic carbocycles. The molecule has 1 aromatic heterocycles. The number of hydrogen-bond acceptors (Lipinski definition) is 5. The highest BCUT2D eigenvalue weighted by Gasteiger charge is 2.29. The minimum atomic E-state index is -3.83. The molecule has 21 heavy (non-hydrogen) atoms. The summed E-state index contributed by atoms with van der Waals surface area (Å²) in [4.78, 5) is 10.6. The Morgan fingerprint density at radius 2 is 1.95 bits per heavy atom. The molecule has 0 aliphatic heterocycles. The highest BCUT2D eigenvalue weighted by Crippen LogP contribution is 2.31. The van der Waals surface area contributed by atoms with Crippen LogP contribution in [-0.2, 0) is 21.7 Å². The van der Waals surface area contributed by atoms with Gasteiger partial charge in [0.2, 0.25) is 9.84 Å². The number of hydrogen-bond donors (Lipinski definition) is 1. The van der Waals surface area contributed by atoms with Crippen LogP contribution in [0.3, 0.4) is 0 Å². The molecule has 2 rings (SSSR count). The van der Waals surface area contributed by atoms with E-state index in [9.17, 15) is 13.2 Å². The Morgan fingerprint density at radius 3 is 2.52 bits per heavy atom. The molecule has 2 aromatic rings. The number of carbonyl (C=O) groups is 1. The lowest BCUT2D eigenvalue weighted by Gasteiger charge is -2.06. The van der Waals surface area contributed by atoms with Crippen LogP contribution < -0.4 is 4.74 Å². The van der Waals surface area contributed by atoms with Gasteiger partial charge in [0.05, 0.1) is 10.6 Å². The molecule has 1 N–H and O–H groups in total. The van der Waals surface area contributed by atoms with Crippen LogP contribution in [0.5, 0.6) is 5.88 Å². The maximum Gasteiger partial charge on any atom is 0.341 e. The van der Waals surface area contributed by atoms with E-state index in [4.69, 9.17) is 9.84 Å². The monoisotopic (exact) mass is 310 g/mol. The molecule has 0 amide bonds. The van der Waals surface area contributed by atoms with Gasteiger partial charge >= 0.3 is 5.97 Å². The molecule has 0 aliphatic rings. The van der Waals surface area contributed by atoms with Gasteiger partial charge in [0.25, 0.3) is 5.88 Å². The summed E-state index contributed by atoms with van der Waals surface area (Å²) >= 11 is 0. The Hall–Kier alpha value is -2.35. The zero-order valence-corrected chi connectivity index (χ0v) is 12.3. The van der Waals surface area contributed by atoms with Crippen LogP contribution in [0.2, 0.25) is 0 Å². The van der Waals surface area contributed by atoms with Crippen molar-refractivity contribution >= 4 is 15.8 Å². The van der Waals surface area contributed by atoms with Gasteiger partial charge in [-0.25, -0.2) is 13.2 Å². The number of carboxylic acid groups (broad SMARTS) is 1. The summed E-state index contributed by atoms with van der Waals surface area (Å²) in [7, 11) is -2.27. The predicted octanol–water partition coefficient (Wildman–Crippen LogP) is 1.02. The van der Waals surface area contributed by atoms with Crippen molar-refractivity contribution < 1.29 is 23.1 Å². The lowest BCUT2D eigenvalue weighted by atomic mass is 10.4. The van der Waals surface area contributed by atoms with Gasteiger partial charge in [-0.2, -0.15) is 0 Å². The van der Waals surface area contributed by atoms with Crippen molar-refractivity contribution in [2.24, 2.45) is 7.05 Å². The third kappa shape index (κ3) is 2.89. The summed E-state index contributed by atoms with van der Waals surface area (Å²) in [5.41, 5.74) is 0.374. The number of benzene rings is 1. The third-order valence-electron chi connectivity index (χ3n) is 2.90. The average molecular weight is 310 g/mol. The van der Waals surface area contributed by atoms with E-state index in [-0.39, 0.29) is 15.7 Å². The fourth-order valence-electron chi connectivity index (χ4n) is 1.81. The molecule has 0 radical (unpaired) electrons. The van der Waals surface area contributed by atoms with Crippen molar-refractivity contribution in [1.29, 1.82) is 0 Å². The van der Waals surface area contributed by atoms with Crippen molar-refractivity contribution in [3.63, 3.8) is 0 Å². The largest absolute Gasteiger partial charge is 0.479 e. The van der Waals surface area contributed by atoms with Crippen molar-refractivity contribution in [1.82, 2.24) is 9.78 Å². The molecule has 8 heteroatoms. The molecule has 112 valence electrons. The van der Waals surface area contributed by atoms with Crippen LogP contribution in [0.15, 0.2) is 40.1 Å². The fourth-order valence-corrected chi connectivity index (χ4v) is 3.41. The van der Waals surface area contributed by atoms with Gasteiger partial charge in [-0.1, -0.05) is 18.2 Å². The lowest BCUT2D eigenvalue weighted by molar-refractivity contribution is -0.139. The maximum atomic E-state index is 12.7. The molecule has 0 unspecified atom stereocenters. The normalized spacial score (nSPS) is 11.3. The van der Waals surface area contributed by atoms with Crippen molar-refractivity contribution in [3.05, 3.63) is 36.0 Å². The first kappa shape index (κ1) is 15.0. The first-order valence-electron chi connectivity index (χ1n) is 6.02. The predicted molar refractivity (Wildman–Crippen MR) is 73.0 cm³/mol. The minimum absolute atomic E-state index is 0.0984. The number of aliphatic carboxylic acids is 1. The number of aromatic nitrogens is 2. The van der Waals surface area contributed by atoms with E-state index in [1.54, 1.807) is 32.2 Å². The first-order valence-corrected chi connectivity index (χ1v) is 7.50. The molecule has 7 nitrogen and oxygen atoms in total. The summed E-state index contributed by atoms with van der Waals surface area (Å²) < 4.78 is 31.6. The Morgan fingerprint density at radius 1 is 1.33 bits per heavy atom. The van der Waals surface area contributed by atoms with Gasteiger partial charge in [0.1, 0.15) is 0 Å². The lowest BCUT2D eigenvalue weighted by Crippen LogP contribution is -2.12. The molecular formula is C13H14N2O5S. The molecule has 0 spiro atoms. The van der Waals surface area contributed by atoms with Gasteiger partial charge in [-0.3, -0.25) is 4.68 Å². The second-order valence-electron chi connectivity index (χ2n) is 4.34. The second-order valence-corrected chi connectivity index (χ2v) is 6.23. The smallest absolute Gasteiger partial charge is 0.341 e.